The zero-order valence-corrected chi connectivity index (χ0v) is 11.2. The van der Waals surface area contributed by atoms with Gasteiger partial charge in [-0.05, 0) is 32.9 Å². The molecule has 0 radical (unpaired) electrons. The topological polar surface area (TPSA) is 32.3 Å². The van der Waals surface area contributed by atoms with Crippen LogP contribution in [0.3, 0.4) is 0 Å². The first-order valence-electron chi connectivity index (χ1n) is 6.44. The van der Waals surface area contributed by atoms with Crippen LogP contribution in [-0.4, -0.2) is 37.0 Å². The van der Waals surface area contributed by atoms with Crippen LogP contribution in [-0.2, 0) is 4.79 Å². The van der Waals surface area contributed by atoms with Gasteiger partial charge in [-0.2, -0.15) is 0 Å². The Hall–Kier alpha value is -0.570. The number of nitrogens with one attached hydrogen (secondary N) is 1. The van der Waals surface area contributed by atoms with E-state index in [1.54, 1.807) is 0 Å². The van der Waals surface area contributed by atoms with E-state index in [9.17, 15) is 4.79 Å². The summed E-state index contributed by atoms with van der Waals surface area (Å²) in [7, 11) is 4.27. The van der Waals surface area contributed by atoms with Gasteiger partial charge in [0.2, 0.25) is 5.91 Å². The molecule has 0 bridgehead atoms. The van der Waals surface area contributed by atoms with Crippen LogP contribution in [0.15, 0.2) is 0 Å². The van der Waals surface area contributed by atoms with Crippen molar-refractivity contribution in [2.24, 2.45) is 5.92 Å². The molecule has 2 unspecified atom stereocenters. The molecule has 2 atom stereocenters. The van der Waals surface area contributed by atoms with Crippen LogP contribution in [0, 0.1) is 5.92 Å². The summed E-state index contributed by atoms with van der Waals surface area (Å²) in [5, 5.41) is 3.06. The minimum atomic E-state index is 0.166. The quantitative estimate of drug-likeness (QED) is 0.795. The van der Waals surface area contributed by atoms with Gasteiger partial charge in [-0.1, -0.05) is 26.7 Å². The standard InChI is InChI=1S/C13H26N2O/c1-5-12(16)14-10-13(15(3)4)8-6-7-11(2)9-13/h11H,5-10H2,1-4H3,(H,14,16). The van der Waals surface area contributed by atoms with Crippen LogP contribution >= 0.6 is 0 Å². The minimum absolute atomic E-state index is 0.166. The van der Waals surface area contributed by atoms with Crippen molar-refractivity contribution in [2.75, 3.05) is 20.6 Å². The van der Waals surface area contributed by atoms with Crippen molar-refractivity contribution in [1.82, 2.24) is 10.2 Å². The second-order valence-corrected chi connectivity index (χ2v) is 5.45. The fourth-order valence-corrected chi connectivity index (χ4v) is 2.75. The van der Waals surface area contributed by atoms with Crippen molar-refractivity contribution < 1.29 is 4.79 Å². The second kappa shape index (κ2) is 5.67. The molecule has 1 aliphatic rings. The van der Waals surface area contributed by atoms with Crippen molar-refractivity contribution in [3.63, 3.8) is 0 Å². The van der Waals surface area contributed by atoms with Gasteiger partial charge in [0.05, 0.1) is 0 Å². The third-order valence-corrected chi connectivity index (χ3v) is 3.95. The lowest BCUT2D eigenvalue weighted by molar-refractivity contribution is -0.121. The zero-order valence-electron chi connectivity index (χ0n) is 11.2. The Morgan fingerprint density at radius 1 is 1.50 bits per heavy atom. The number of rotatable bonds is 4. The number of hydrogen-bond donors (Lipinski definition) is 1. The molecule has 1 amide bonds. The molecule has 1 aliphatic carbocycles. The molecular weight excluding hydrogens is 200 g/mol. The number of nitrogens with zero attached hydrogens (tertiary/aromatic N) is 1. The molecule has 1 N–H and O–H groups in total. The Labute approximate surface area is 99.6 Å². The van der Waals surface area contributed by atoms with E-state index in [-0.39, 0.29) is 11.4 Å². The molecule has 1 fully saturated rings. The predicted octanol–water partition coefficient (Wildman–Crippen LogP) is 2.02. The number of carbonyl (C=O) groups is 1. The highest BCUT2D eigenvalue weighted by Gasteiger charge is 2.36. The summed E-state index contributed by atoms with van der Waals surface area (Å²) in [6, 6.07) is 0. The van der Waals surface area contributed by atoms with Gasteiger partial charge in [-0.15, -0.1) is 0 Å². The predicted molar refractivity (Wildman–Crippen MR) is 67.4 cm³/mol. The molecule has 0 aromatic rings. The van der Waals surface area contributed by atoms with Gasteiger partial charge in [0, 0.05) is 18.5 Å². The Bertz CT molecular complexity index is 240. The molecule has 3 nitrogen and oxygen atoms in total. The SMILES string of the molecule is CCC(=O)NCC1(N(C)C)CCCC(C)C1. The highest BCUT2D eigenvalue weighted by molar-refractivity contribution is 5.75. The van der Waals surface area contributed by atoms with Crippen molar-refractivity contribution in [3.8, 4) is 0 Å². The maximum absolute atomic E-state index is 11.4. The van der Waals surface area contributed by atoms with E-state index in [1.807, 2.05) is 6.92 Å². The lowest BCUT2D eigenvalue weighted by Crippen LogP contribution is -2.55. The molecule has 1 saturated carbocycles. The van der Waals surface area contributed by atoms with Gasteiger partial charge in [0.15, 0.2) is 0 Å². The summed E-state index contributed by atoms with van der Waals surface area (Å²) in [6.07, 6.45) is 5.59. The molecule has 0 spiro atoms. The largest absolute Gasteiger partial charge is 0.354 e. The molecule has 0 aliphatic heterocycles. The van der Waals surface area contributed by atoms with Gasteiger partial charge in [0.1, 0.15) is 0 Å². The Balaban J connectivity index is 2.61. The van der Waals surface area contributed by atoms with Gasteiger partial charge in [-0.25, -0.2) is 0 Å². The number of carbonyl (C=O) groups excluding carboxylic acids is 1. The fourth-order valence-electron chi connectivity index (χ4n) is 2.75. The fraction of sp³-hybridized carbons (Fsp3) is 0.923. The third-order valence-electron chi connectivity index (χ3n) is 3.95. The lowest BCUT2D eigenvalue weighted by Gasteiger charge is -2.45. The number of likely N-dealkylation sites (N-methyl/N-ethyl adjacent to an activating group) is 1. The normalized spacial score (nSPS) is 30.4. The first-order valence-corrected chi connectivity index (χ1v) is 6.44. The van der Waals surface area contributed by atoms with Crippen molar-refractivity contribution in [2.45, 2.75) is 51.5 Å². The van der Waals surface area contributed by atoms with E-state index in [0.29, 0.717) is 6.42 Å². The molecule has 0 saturated heterocycles. The van der Waals surface area contributed by atoms with Crippen molar-refractivity contribution >= 4 is 5.91 Å². The van der Waals surface area contributed by atoms with Gasteiger partial charge < -0.3 is 10.2 Å². The maximum Gasteiger partial charge on any atom is 0.219 e. The molecule has 0 aromatic heterocycles. The van der Waals surface area contributed by atoms with E-state index < -0.39 is 0 Å². The van der Waals surface area contributed by atoms with Crippen molar-refractivity contribution in [3.05, 3.63) is 0 Å². The monoisotopic (exact) mass is 226 g/mol. The Kier molecular flexibility index (Phi) is 4.78. The van der Waals surface area contributed by atoms with Crippen LogP contribution < -0.4 is 5.32 Å². The van der Waals surface area contributed by atoms with E-state index in [2.05, 4.69) is 31.2 Å². The van der Waals surface area contributed by atoms with Crippen LogP contribution in [0.2, 0.25) is 0 Å². The van der Waals surface area contributed by atoms with Crippen LogP contribution in [0.4, 0.5) is 0 Å². The molecule has 1 rings (SSSR count). The van der Waals surface area contributed by atoms with Gasteiger partial charge >= 0.3 is 0 Å². The summed E-state index contributed by atoms with van der Waals surface area (Å²) < 4.78 is 0. The second-order valence-electron chi connectivity index (χ2n) is 5.45. The molecule has 0 aromatic carbocycles. The first kappa shape index (κ1) is 13.5. The van der Waals surface area contributed by atoms with Gasteiger partial charge in [-0.3, -0.25) is 4.79 Å². The Morgan fingerprint density at radius 3 is 2.69 bits per heavy atom. The summed E-state index contributed by atoms with van der Waals surface area (Å²) in [5.74, 6) is 0.939. The minimum Gasteiger partial charge on any atom is -0.354 e. The Morgan fingerprint density at radius 2 is 2.19 bits per heavy atom. The van der Waals surface area contributed by atoms with Gasteiger partial charge in [0.25, 0.3) is 0 Å². The maximum atomic E-state index is 11.4. The van der Waals surface area contributed by atoms with Crippen LogP contribution in [0.5, 0.6) is 0 Å². The van der Waals surface area contributed by atoms with E-state index >= 15 is 0 Å². The highest BCUT2D eigenvalue weighted by atomic mass is 16.1. The lowest BCUT2D eigenvalue weighted by atomic mass is 9.75. The molecule has 16 heavy (non-hydrogen) atoms. The average Bonchev–Trinajstić information content (AvgIpc) is 2.25. The zero-order chi connectivity index (χ0) is 12.2. The summed E-state index contributed by atoms with van der Waals surface area (Å²) in [5.41, 5.74) is 0.183. The average molecular weight is 226 g/mol. The van der Waals surface area contributed by atoms with E-state index in [0.717, 1.165) is 12.5 Å². The molecule has 0 heterocycles. The third kappa shape index (κ3) is 3.21. The van der Waals surface area contributed by atoms with Crippen molar-refractivity contribution in [1.29, 1.82) is 0 Å². The number of hydrogen-bond acceptors (Lipinski definition) is 2. The summed E-state index contributed by atoms with van der Waals surface area (Å²) in [6.45, 7) is 5.03. The highest BCUT2D eigenvalue weighted by Crippen LogP contribution is 2.35. The van der Waals surface area contributed by atoms with Crippen LogP contribution in [0.25, 0.3) is 0 Å². The van der Waals surface area contributed by atoms with Crippen LogP contribution in [0.1, 0.15) is 46.0 Å². The molecular formula is C13H26N2O. The van der Waals surface area contributed by atoms with E-state index in [4.69, 9.17) is 0 Å². The first-order chi connectivity index (χ1) is 7.50. The molecule has 94 valence electrons. The molecule has 3 heteroatoms. The summed E-state index contributed by atoms with van der Waals surface area (Å²) in [4.78, 5) is 13.7. The summed E-state index contributed by atoms with van der Waals surface area (Å²) >= 11 is 0. The number of amides is 1. The smallest absolute Gasteiger partial charge is 0.219 e. The van der Waals surface area contributed by atoms with E-state index in [1.165, 1.54) is 25.7 Å².